The Bertz CT molecular complexity index is 388. The predicted molar refractivity (Wildman–Crippen MR) is 65.6 cm³/mol. The number of fused-ring (bicyclic) bond motifs is 1. The molecule has 0 heterocycles. The first-order valence-electron chi connectivity index (χ1n) is 5.86. The molecule has 0 aliphatic heterocycles. The Morgan fingerprint density at radius 1 is 1.25 bits per heavy atom. The molecule has 0 saturated carbocycles. The summed E-state index contributed by atoms with van der Waals surface area (Å²) in [7, 11) is 1.77. The minimum Gasteiger partial charge on any atom is -0.325 e. The van der Waals surface area contributed by atoms with E-state index in [1.807, 2.05) is 6.07 Å². The van der Waals surface area contributed by atoms with E-state index < -0.39 is 0 Å². The molecule has 0 radical (unpaired) electrons. The highest BCUT2D eigenvalue weighted by Gasteiger charge is 2.10. The summed E-state index contributed by atoms with van der Waals surface area (Å²) in [6.07, 6.45) is 4.88. The van der Waals surface area contributed by atoms with Gasteiger partial charge >= 0.3 is 0 Å². The average Bonchev–Trinajstić information content (AvgIpc) is 2.29. The summed E-state index contributed by atoms with van der Waals surface area (Å²) < 4.78 is 0. The Labute approximate surface area is 96.2 Å². The van der Waals surface area contributed by atoms with Gasteiger partial charge in [0.15, 0.2) is 0 Å². The molecule has 1 aromatic rings. The Hall–Kier alpha value is -1.35. The quantitative estimate of drug-likeness (QED) is 0.811. The van der Waals surface area contributed by atoms with E-state index in [9.17, 15) is 4.79 Å². The van der Waals surface area contributed by atoms with Gasteiger partial charge in [0.05, 0.1) is 6.54 Å². The number of carbonyl (C=O) groups is 1. The zero-order valence-corrected chi connectivity index (χ0v) is 9.68. The highest BCUT2D eigenvalue weighted by molar-refractivity contribution is 5.92. The third-order valence-corrected chi connectivity index (χ3v) is 2.97. The first-order valence-corrected chi connectivity index (χ1v) is 5.86. The number of hydrogen-bond donors (Lipinski definition) is 2. The number of benzene rings is 1. The molecule has 3 nitrogen and oxygen atoms in total. The van der Waals surface area contributed by atoms with E-state index in [2.05, 4.69) is 22.8 Å². The molecule has 0 bridgehead atoms. The molecule has 0 unspecified atom stereocenters. The van der Waals surface area contributed by atoms with Crippen molar-refractivity contribution in [2.75, 3.05) is 18.9 Å². The van der Waals surface area contributed by atoms with Crippen molar-refractivity contribution in [1.82, 2.24) is 5.32 Å². The average molecular weight is 218 g/mol. The lowest BCUT2D eigenvalue weighted by atomic mass is 9.91. The number of aryl methyl sites for hydroxylation is 2. The molecule has 2 N–H and O–H groups in total. The van der Waals surface area contributed by atoms with Crippen molar-refractivity contribution in [1.29, 1.82) is 0 Å². The zero-order valence-electron chi connectivity index (χ0n) is 9.68. The van der Waals surface area contributed by atoms with Crippen LogP contribution in [0.15, 0.2) is 18.2 Å². The monoisotopic (exact) mass is 218 g/mol. The Morgan fingerprint density at radius 2 is 2.00 bits per heavy atom. The summed E-state index contributed by atoms with van der Waals surface area (Å²) >= 11 is 0. The Morgan fingerprint density at radius 3 is 2.75 bits per heavy atom. The van der Waals surface area contributed by atoms with E-state index in [1.165, 1.54) is 30.4 Å². The molecule has 16 heavy (non-hydrogen) atoms. The number of hydrogen-bond acceptors (Lipinski definition) is 2. The normalized spacial score (nSPS) is 14.3. The van der Waals surface area contributed by atoms with Crippen LogP contribution in [0.3, 0.4) is 0 Å². The predicted octanol–water partition coefficient (Wildman–Crippen LogP) is 1.72. The maximum absolute atomic E-state index is 11.4. The van der Waals surface area contributed by atoms with Crippen molar-refractivity contribution in [3.05, 3.63) is 29.3 Å². The molecule has 0 atom stereocenters. The summed E-state index contributed by atoms with van der Waals surface area (Å²) in [4.78, 5) is 11.4. The number of carbonyl (C=O) groups excluding carboxylic acids is 1. The highest BCUT2D eigenvalue weighted by Crippen LogP contribution is 2.24. The molecule has 1 aromatic carbocycles. The maximum Gasteiger partial charge on any atom is 0.238 e. The smallest absolute Gasteiger partial charge is 0.238 e. The van der Waals surface area contributed by atoms with Gasteiger partial charge in [-0.25, -0.2) is 0 Å². The Kier molecular flexibility index (Phi) is 3.57. The van der Waals surface area contributed by atoms with E-state index in [4.69, 9.17) is 0 Å². The van der Waals surface area contributed by atoms with Crippen LogP contribution in [0.2, 0.25) is 0 Å². The van der Waals surface area contributed by atoms with Crippen LogP contribution in [0.25, 0.3) is 0 Å². The molecular formula is C13H18N2O. The van der Waals surface area contributed by atoms with Crippen molar-refractivity contribution in [3.8, 4) is 0 Å². The number of likely N-dealkylation sites (N-methyl/N-ethyl adjacent to an activating group) is 1. The summed E-state index contributed by atoms with van der Waals surface area (Å²) in [5.41, 5.74) is 3.76. The van der Waals surface area contributed by atoms with Gasteiger partial charge in [0, 0.05) is 5.69 Å². The van der Waals surface area contributed by atoms with Gasteiger partial charge in [0.2, 0.25) is 5.91 Å². The lowest BCUT2D eigenvalue weighted by Gasteiger charge is -2.16. The van der Waals surface area contributed by atoms with Gasteiger partial charge < -0.3 is 10.6 Å². The molecule has 86 valence electrons. The molecule has 0 fully saturated rings. The molecular weight excluding hydrogens is 200 g/mol. The highest BCUT2D eigenvalue weighted by atomic mass is 16.1. The molecule has 0 aromatic heterocycles. The second-order valence-electron chi connectivity index (χ2n) is 4.27. The van der Waals surface area contributed by atoms with Crippen molar-refractivity contribution < 1.29 is 4.79 Å². The van der Waals surface area contributed by atoms with Crippen molar-refractivity contribution in [2.45, 2.75) is 25.7 Å². The zero-order chi connectivity index (χ0) is 11.4. The first kappa shape index (κ1) is 11.1. The minimum absolute atomic E-state index is 0.0123. The molecule has 0 saturated heterocycles. The second-order valence-corrected chi connectivity index (χ2v) is 4.27. The maximum atomic E-state index is 11.4. The van der Waals surface area contributed by atoms with Gasteiger partial charge in [-0.3, -0.25) is 4.79 Å². The topological polar surface area (TPSA) is 41.1 Å². The Balaban J connectivity index is 2.08. The van der Waals surface area contributed by atoms with Crippen molar-refractivity contribution in [3.63, 3.8) is 0 Å². The minimum atomic E-state index is 0.0123. The molecule has 0 spiro atoms. The fourth-order valence-corrected chi connectivity index (χ4v) is 2.18. The summed E-state index contributed by atoms with van der Waals surface area (Å²) in [5, 5.41) is 5.73. The fourth-order valence-electron chi connectivity index (χ4n) is 2.18. The molecule has 1 amide bonds. The molecule has 1 aliphatic rings. The van der Waals surface area contributed by atoms with Gasteiger partial charge in [0.1, 0.15) is 0 Å². The number of rotatable bonds is 3. The van der Waals surface area contributed by atoms with Crippen LogP contribution < -0.4 is 10.6 Å². The van der Waals surface area contributed by atoms with E-state index in [-0.39, 0.29) is 5.91 Å². The lowest BCUT2D eigenvalue weighted by molar-refractivity contribution is -0.115. The SMILES string of the molecule is CNCC(=O)Nc1ccc2c(c1)CCCC2. The van der Waals surface area contributed by atoms with Gasteiger partial charge in [-0.15, -0.1) is 0 Å². The molecule has 1 aliphatic carbocycles. The third kappa shape index (κ3) is 2.61. The molecule has 2 rings (SSSR count). The van der Waals surface area contributed by atoms with Crippen molar-refractivity contribution >= 4 is 11.6 Å². The van der Waals surface area contributed by atoms with Crippen LogP contribution in [-0.2, 0) is 17.6 Å². The van der Waals surface area contributed by atoms with Crippen LogP contribution in [0.4, 0.5) is 5.69 Å². The van der Waals surface area contributed by atoms with Crippen LogP contribution in [0.5, 0.6) is 0 Å². The van der Waals surface area contributed by atoms with Gasteiger partial charge in [0.25, 0.3) is 0 Å². The van der Waals surface area contributed by atoms with Gasteiger partial charge in [-0.1, -0.05) is 6.07 Å². The van der Waals surface area contributed by atoms with Crippen LogP contribution in [0, 0.1) is 0 Å². The van der Waals surface area contributed by atoms with Crippen LogP contribution in [-0.4, -0.2) is 19.5 Å². The molecule has 3 heteroatoms. The van der Waals surface area contributed by atoms with E-state index in [0.717, 1.165) is 12.1 Å². The summed E-state index contributed by atoms with van der Waals surface area (Å²) in [6.45, 7) is 0.358. The summed E-state index contributed by atoms with van der Waals surface area (Å²) in [5.74, 6) is 0.0123. The lowest BCUT2D eigenvalue weighted by Crippen LogP contribution is -2.25. The first-order chi connectivity index (χ1) is 7.79. The number of amides is 1. The second kappa shape index (κ2) is 5.12. The van der Waals surface area contributed by atoms with Crippen molar-refractivity contribution in [2.24, 2.45) is 0 Å². The van der Waals surface area contributed by atoms with Crippen LogP contribution >= 0.6 is 0 Å². The van der Waals surface area contributed by atoms with Gasteiger partial charge in [-0.2, -0.15) is 0 Å². The van der Waals surface area contributed by atoms with E-state index in [1.54, 1.807) is 7.05 Å². The third-order valence-electron chi connectivity index (χ3n) is 2.97. The standard InChI is InChI=1S/C13H18N2O/c1-14-9-13(16)15-12-7-6-10-4-2-3-5-11(10)8-12/h6-8,14H,2-5,9H2,1H3,(H,15,16). The number of nitrogens with one attached hydrogen (secondary N) is 2. The van der Waals surface area contributed by atoms with Crippen LogP contribution in [0.1, 0.15) is 24.0 Å². The fraction of sp³-hybridized carbons (Fsp3) is 0.462. The number of anilines is 1. The van der Waals surface area contributed by atoms with E-state index in [0.29, 0.717) is 6.54 Å². The van der Waals surface area contributed by atoms with Gasteiger partial charge in [-0.05, 0) is 56.0 Å². The summed E-state index contributed by atoms with van der Waals surface area (Å²) in [6, 6.07) is 6.25. The largest absolute Gasteiger partial charge is 0.325 e. The van der Waals surface area contributed by atoms with E-state index >= 15 is 0 Å².